The number of H-pyrrole nitrogens is 1. The summed E-state index contributed by atoms with van der Waals surface area (Å²) in [5, 5.41) is 13.5. The first-order chi connectivity index (χ1) is 13.1. The van der Waals surface area contributed by atoms with Crippen molar-refractivity contribution < 1.29 is 14.6 Å². The summed E-state index contributed by atoms with van der Waals surface area (Å²) in [5.41, 5.74) is 4.30. The summed E-state index contributed by atoms with van der Waals surface area (Å²) >= 11 is 0. The number of nitrogens with zero attached hydrogens (tertiary/aromatic N) is 2. The minimum atomic E-state index is -0.349. The third kappa shape index (κ3) is 4.49. The molecule has 27 heavy (non-hydrogen) atoms. The van der Waals surface area contributed by atoms with Gasteiger partial charge in [-0.15, -0.1) is 0 Å². The normalized spacial score (nSPS) is 11.0. The number of benzene rings is 2. The second kappa shape index (κ2) is 8.13. The van der Waals surface area contributed by atoms with E-state index in [0.717, 1.165) is 0 Å². The van der Waals surface area contributed by atoms with E-state index in [1.54, 1.807) is 24.3 Å². The Kier molecular flexibility index (Phi) is 5.46. The van der Waals surface area contributed by atoms with Crippen LogP contribution >= 0.6 is 0 Å². The maximum atomic E-state index is 12.0. The highest BCUT2D eigenvalue weighted by Gasteiger charge is 2.08. The number of para-hydroxylation sites is 2. The van der Waals surface area contributed by atoms with Crippen LogP contribution in [0.15, 0.2) is 52.4 Å². The van der Waals surface area contributed by atoms with Gasteiger partial charge in [0.15, 0.2) is 11.5 Å². The number of phenolic OH excluding ortho intramolecular Hbond substituents is 1. The zero-order valence-corrected chi connectivity index (χ0v) is 14.6. The van der Waals surface area contributed by atoms with Gasteiger partial charge in [-0.25, -0.2) is 10.4 Å². The highest BCUT2D eigenvalue weighted by atomic mass is 16.5. The number of hydrogen-bond donors (Lipinski definition) is 3. The Morgan fingerprint density at radius 1 is 1.33 bits per heavy atom. The van der Waals surface area contributed by atoms with Crippen LogP contribution < -0.4 is 15.7 Å². The van der Waals surface area contributed by atoms with Crippen LogP contribution in [0.2, 0.25) is 0 Å². The lowest BCUT2D eigenvalue weighted by Gasteiger charge is -2.03. The number of hydrogen-bond acceptors (Lipinski definition) is 6. The van der Waals surface area contributed by atoms with Crippen molar-refractivity contribution >= 4 is 23.2 Å². The fourth-order valence-electron chi connectivity index (χ4n) is 2.49. The van der Waals surface area contributed by atoms with Crippen LogP contribution in [0, 0.1) is 0 Å². The average molecular weight is 366 g/mol. The fourth-order valence-corrected chi connectivity index (χ4v) is 2.49. The number of rotatable bonds is 6. The van der Waals surface area contributed by atoms with E-state index in [9.17, 15) is 14.7 Å². The second-order valence-corrected chi connectivity index (χ2v) is 5.75. The molecule has 8 heteroatoms. The molecule has 0 spiro atoms. The molecule has 1 amide bonds. The van der Waals surface area contributed by atoms with Gasteiger partial charge in [-0.3, -0.25) is 9.59 Å². The van der Waals surface area contributed by atoms with E-state index in [1.807, 2.05) is 12.1 Å². The SMILES string of the molecule is COc1ccc(/C=N\NC(=O)CCc2nc3ccccc3[nH]c2=O)cc1O. The molecule has 1 aromatic heterocycles. The van der Waals surface area contributed by atoms with Gasteiger partial charge in [-0.05, 0) is 35.9 Å². The van der Waals surface area contributed by atoms with Gasteiger partial charge in [-0.1, -0.05) is 12.1 Å². The number of aromatic amines is 1. The molecule has 0 atom stereocenters. The molecule has 0 aliphatic heterocycles. The number of aromatic nitrogens is 2. The molecular formula is C19H18N4O4. The zero-order chi connectivity index (χ0) is 19.2. The number of amides is 1. The maximum Gasteiger partial charge on any atom is 0.270 e. The summed E-state index contributed by atoms with van der Waals surface area (Å²) in [6.45, 7) is 0. The fraction of sp³-hybridized carbons (Fsp3) is 0.158. The van der Waals surface area contributed by atoms with E-state index in [-0.39, 0.29) is 30.1 Å². The quantitative estimate of drug-likeness (QED) is 0.454. The number of aryl methyl sites for hydroxylation is 1. The molecule has 0 radical (unpaired) electrons. The molecule has 0 saturated heterocycles. The molecule has 1 heterocycles. The molecule has 0 fully saturated rings. The van der Waals surface area contributed by atoms with Crippen LogP contribution in [0.25, 0.3) is 11.0 Å². The topological polar surface area (TPSA) is 117 Å². The molecule has 0 unspecified atom stereocenters. The van der Waals surface area contributed by atoms with Gasteiger partial charge in [0.05, 0.1) is 24.4 Å². The van der Waals surface area contributed by atoms with Crippen LogP contribution in [0.1, 0.15) is 17.7 Å². The van der Waals surface area contributed by atoms with Crippen molar-refractivity contribution in [1.82, 2.24) is 15.4 Å². The van der Waals surface area contributed by atoms with E-state index in [4.69, 9.17) is 4.74 Å². The third-order valence-electron chi connectivity index (χ3n) is 3.86. The minimum Gasteiger partial charge on any atom is -0.504 e. The summed E-state index contributed by atoms with van der Waals surface area (Å²) in [4.78, 5) is 31.0. The number of carbonyl (C=O) groups is 1. The van der Waals surface area contributed by atoms with E-state index in [1.165, 1.54) is 19.4 Å². The molecule has 0 bridgehead atoms. The number of aromatic hydroxyl groups is 1. The highest BCUT2D eigenvalue weighted by molar-refractivity contribution is 5.83. The molecule has 0 saturated carbocycles. The largest absolute Gasteiger partial charge is 0.504 e. The van der Waals surface area contributed by atoms with E-state index < -0.39 is 0 Å². The highest BCUT2D eigenvalue weighted by Crippen LogP contribution is 2.25. The van der Waals surface area contributed by atoms with Crippen LogP contribution in [-0.4, -0.2) is 34.3 Å². The Morgan fingerprint density at radius 3 is 2.93 bits per heavy atom. The molecule has 3 N–H and O–H groups in total. The zero-order valence-electron chi connectivity index (χ0n) is 14.6. The predicted molar refractivity (Wildman–Crippen MR) is 101 cm³/mol. The molecule has 8 nitrogen and oxygen atoms in total. The summed E-state index contributed by atoms with van der Waals surface area (Å²) in [6, 6.07) is 12.0. The van der Waals surface area contributed by atoms with Crippen LogP contribution in [0.3, 0.4) is 0 Å². The summed E-state index contributed by atoms with van der Waals surface area (Å²) in [6.07, 6.45) is 1.67. The summed E-state index contributed by atoms with van der Waals surface area (Å²) < 4.78 is 4.95. The standard InChI is InChI=1S/C19H18N4O4/c1-27-17-8-6-12(10-16(17)24)11-20-23-18(25)9-7-15-19(26)22-14-5-3-2-4-13(14)21-15/h2-6,8,10-11,24H,7,9H2,1H3,(H,22,26)(H,23,25)/b20-11-. The van der Waals surface area contributed by atoms with E-state index in [2.05, 4.69) is 20.5 Å². The first-order valence-electron chi connectivity index (χ1n) is 8.23. The van der Waals surface area contributed by atoms with Gasteiger partial charge in [-0.2, -0.15) is 5.10 Å². The molecule has 2 aromatic carbocycles. The van der Waals surface area contributed by atoms with Crippen molar-refractivity contribution in [2.24, 2.45) is 5.10 Å². The lowest BCUT2D eigenvalue weighted by atomic mass is 10.2. The Hall–Kier alpha value is -3.68. The minimum absolute atomic E-state index is 0.0191. The Bertz CT molecular complexity index is 1060. The maximum absolute atomic E-state index is 12.0. The lowest BCUT2D eigenvalue weighted by molar-refractivity contribution is -0.121. The van der Waals surface area contributed by atoms with Gasteiger partial charge in [0.1, 0.15) is 5.69 Å². The molecule has 0 aliphatic carbocycles. The van der Waals surface area contributed by atoms with Crippen LogP contribution in [0.5, 0.6) is 11.5 Å². The van der Waals surface area contributed by atoms with Crippen LogP contribution in [-0.2, 0) is 11.2 Å². The number of hydrazone groups is 1. The number of nitrogens with one attached hydrogen (secondary N) is 2. The Labute approximate surface area is 154 Å². The number of phenols is 1. The molecular weight excluding hydrogens is 348 g/mol. The smallest absolute Gasteiger partial charge is 0.270 e. The number of ether oxygens (including phenoxy) is 1. The van der Waals surface area contributed by atoms with Crippen LogP contribution in [0.4, 0.5) is 0 Å². The number of methoxy groups -OCH3 is 1. The van der Waals surface area contributed by atoms with Gasteiger partial charge in [0.25, 0.3) is 5.56 Å². The molecule has 138 valence electrons. The van der Waals surface area contributed by atoms with Crippen molar-refractivity contribution in [1.29, 1.82) is 0 Å². The van der Waals surface area contributed by atoms with Gasteiger partial charge >= 0.3 is 0 Å². The Balaban J connectivity index is 1.58. The number of carbonyl (C=O) groups excluding carboxylic acids is 1. The molecule has 3 aromatic rings. The average Bonchev–Trinajstić information content (AvgIpc) is 2.66. The number of fused-ring (bicyclic) bond motifs is 1. The first kappa shape index (κ1) is 18.1. The monoisotopic (exact) mass is 366 g/mol. The summed E-state index contributed by atoms with van der Waals surface area (Å²) in [7, 11) is 1.46. The van der Waals surface area contributed by atoms with Gasteiger partial charge < -0.3 is 14.8 Å². The first-order valence-corrected chi connectivity index (χ1v) is 8.23. The van der Waals surface area contributed by atoms with Gasteiger partial charge in [0, 0.05) is 12.8 Å². The summed E-state index contributed by atoms with van der Waals surface area (Å²) in [5.74, 6) is -0.0167. The van der Waals surface area contributed by atoms with E-state index >= 15 is 0 Å². The van der Waals surface area contributed by atoms with Crippen molar-refractivity contribution in [3.8, 4) is 11.5 Å². The molecule has 3 rings (SSSR count). The van der Waals surface area contributed by atoms with Gasteiger partial charge in [0.2, 0.25) is 5.91 Å². The van der Waals surface area contributed by atoms with E-state index in [0.29, 0.717) is 28.0 Å². The Morgan fingerprint density at radius 2 is 2.15 bits per heavy atom. The lowest BCUT2D eigenvalue weighted by Crippen LogP contribution is -2.21. The van der Waals surface area contributed by atoms with Crippen molar-refractivity contribution in [3.63, 3.8) is 0 Å². The van der Waals surface area contributed by atoms with Crippen molar-refractivity contribution in [2.45, 2.75) is 12.8 Å². The second-order valence-electron chi connectivity index (χ2n) is 5.75. The predicted octanol–water partition coefficient (Wildman–Crippen LogP) is 1.72. The third-order valence-corrected chi connectivity index (χ3v) is 3.86. The van der Waals surface area contributed by atoms with Crippen molar-refractivity contribution in [2.75, 3.05) is 7.11 Å². The van der Waals surface area contributed by atoms with Crippen molar-refractivity contribution in [3.05, 3.63) is 64.1 Å². The molecule has 0 aliphatic rings.